The topological polar surface area (TPSA) is 68.9 Å². The Kier molecular flexibility index (Phi) is 9.78. The molecule has 1 atom stereocenters. The molecule has 0 spiro atoms. The number of likely N-dealkylation sites (N-methyl/N-ethyl adjacent to an activating group) is 1. The first-order chi connectivity index (χ1) is 13.6. The van der Waals surface area contributed by atoms with Gasteiger partial charge in [0.25, 0.3) is 0 Å². The Morgan fingerprint density at radius 1 is 1.14 bits per heavy atom. The SMILES string of the molecule is CCC(CC)c1cc(CNC(=NC)NCC(C)CN2CCN(CC)CC2)on1. The van der Waals surface area contributed by atoms with Crippen LogP contribution in [0.2, 0.25) is 0 Å². The minimum Gasteiger partial charge on any atom is -0.359 e. The lowest BCUT2D eigenvalue weighted by atomic mass is 9.99. The van der Waals surface area contributed by atoms with Crippen LogP contribution in [0, 0.1) is 5.92 Å². The van der Waals surface area contributed by atoms with Crippen LogP contribution in [0.3, 0.4) is 0 Å². The number of guanidine groups is 1. The molecule has 0 saturated carbocycles. The van der Waals surface area contributed by atoms with E-state index in [1.165, 1.54) is 26.2 Å². The van der Waals surface area contributed by atoms with E-state index in [1.807, 2.05) is 0 Å². The first-order valence-corrected chi connectivity index (χ1v) is 10.9. The van der Waals surface area contributed by atoms with E-state index in [2.05, 4.69) is 64.3 Å². The van der Waals surface area contributed by atoms with Gasteiger partial charge in [0.15, 0.2) is 11.7 Å². The number of aromatic nitrogens is 1. The summed E-state index contributed by atoms with van der Waals surface area (Å²) in [5.41, 5.74) is 1.06. The number of rotatable bonds is 10. The second-order valence-electron chi connectivity index (χ2n) is 7.88. The van der Waals surface area contributed by atoms with Crippen LogP contribution in [0.4, 0.5) is 0 Å². The zero-order valence-corrected chi connectivity index (χ0v) is 18.5. The molecule has 1 fully saturated rings. The van der Waals surface area contributed by atoms with Gasteiger partial charge in [0.1, 0.15) is 0 Å². The molecule has 1 aromatic rings. The van der Waals surface area contributed by atoms with Crippen LogP contribution in [0.5, 0.6) is 0 Å². The molecule has 1 saturated heterocycles. The lowest BCUT2D eigenvalue weighted by Crippen LogP contribution is -2.48. The molecule has 7 nitrogen and oxygen atoms in total. The summed E-state index contributed by atoms with van der Waals surface area (Å²) in [6.45, 7) is 17.5. The third kappa shape index (κ3) is 7.09. The predicted octanol–water partition coefficient (Wildman–Crippen LogP) is 2.52. The van der Waals surface area contributed by atoms with Gasteiger partial charge in [-0.15, -0.1) is 0 Å². The van der Waals surface area contributed by atoms with Crippen molar-refractivity contribution >= 4 is 5.96 Å². The first-order valence-electron chi connectivity index (χ1n) is 10.9. The van der Waals surface area contributed by atoms with Crippen LogP contribution in [-0.2, 0) is 6.54 Å². The molecule has 2 rings (SSSR count). The van der Waals surface area contributed by atoms with Crippen LogP contribution in [0.25, 0.3) is 0 Å². The summed E-state index contributed by atoms with van der Waals surface area (Å²) in [7, 11) is 1.81. The van der Waals surface area contributed by atoms with E-state index in [4.69, 9.17) is 4.52 Å². The largest absolute Gasteiger partial charge is 0.359 e. The summed E-state index contributed by atoms with van der Waals surface area (Å²) >= 11 is 0. The maximum atomic E-state index is 5.48. The van der Waals surface area contributed by atoms with Crippen molar-refractivity contribution in [3.05, 3.63) is 17.5 Å². The maximum absolute atomic E-state index is 5.48. The van der Waals surface area contributed by atoms with E-state index in [0.29, 0.717) is 18.4 Å². The van der Waals surface area contributed by atoms with Gasteiger partial charge in [0.05, 0.1) is 12.2 Å². The summed E-state index contributed by atoms with van der Waals surface area (Å²) in [6, 6.07) is 2.07. The maximum Gasteiger partial charge on any atom is 0.191 e. The van der Waals surface area contributed by atoms with E-state index in [1.54, 1.807) is 7.05 Å². The second kappa shape index (κ2) is 12.1. The Balaban J connectivity index is 1.70. The highest BCUT2D eigenvalue weighted by Crippen LogP contribution is 2.22. The molecular formula is C21H40N6O. The number of hydrogen-bond acceptors (Lipinski definition) is 5. The average Bonchev–Trinajstić information content (AvgIpc) is 3.18. The van der Waals surface area contributed by atoms with Gasteiger partial charge in [0.2, 0.25) is 0 Å². The van der Waals surface area contributed by atoms with Crippen molar-refractivity contribution in [3.8, 4) is 0 Å². The quantitative estimate of drug-likeness (QED) is 0.471. The highest BCUT2D eigenvalue weighted by Gasteiger charge is 2.17. The van der Waals surface area contributed by atoms with Crippen molar-refractivity contribution in [1.29, 1.82) is 0 Å². The van der Waals surface area contributed by atoms with Gasteiger partial charge >= 0.3 is 0 Å². The smallest absolute Gasteiger partial charge is 0.191 e. The molecule has 1 unspecified atom stereocenters. The van der Waals surface area contributed by atoms with Gasteiger partial charge < -0.3 is 25.0 Å². The van der Waals surface area contributed by atoms with Gasteiger partial charge in [-0.05, 0) is 25.3 Å². The van der Waals surface area contributed by atoms with Crippen LogP contribution >= 0.6 is 0 Å². The van der Waals surface area contributed by atoms with E-state index in [-0.39, 0.29) is 0 Å². The lowest BCUT2D eigenvalue weighted by molar-refractivity contribution is 0.124. The van der Waals surface area contributed by atoms with Gasteiger partial charge in [-0.3, -0.25) is 4.99 Å². The van der Waals surface area contributed by atoms with Gasteiger partial charge in [0, 0.05) is 58.3 Å². The van der Waals surface area contributed by atoms with Gasteiger partial charge in [-0.25, -0.2) is 0 Å². The molecule has 2 heterocycles. The summed E-state index contributed by atoms with van der Waals surface area (Å²) in [5, 5.41) is 11.0. The Labute approximate surface area is 170 Å². The van der Waals surface area contributed by atoms with E-state index in [0.717, 1.165) is 49.9 Å². The van der Waals surface area contributed by atoms with Crippen LogP contribution in [-0.4, -0.2) is 73.8 Å². The molecular weight excluding hydrogens is 352 g/mol. The molecule has 0 radical (unpaired) electrons. The van der Waals surface area contributed by atoms with Crippen molar-refractivity contribution < 1.29 is 4.52 Å². The van der Waals surface area contributed by atoms with Crippen molar-refractivity contribution in [3.63, 3.8) is 0 Å². The molecule has 28 heavy (non-hydrogen) atoms. The summed E-state index contributed by atoms with van der Waals surface area (Å²) in [5.74, 6) is 2.71. The molecule has 0 aliphatic carbocycles. The van der Waals surface area contributed by atoms with Crippen LogP contribution in [0.1, 0.15) is 57.9 Å². The molecule has 0 bridgehead atoms. The third-order valence-electron chi connectivity index (χ3n) is 5.73. The van der Waals surface area contributed by atoms with Crippen LogP contribution < -0.4 is 10.6 Å². The summed E-state index contributed by atoms with van der Waals surface area (Å²) in [4.78, 5) is 9.42. The minimum atomic E-state index is 0.481. The Morgan fingerprint density at radius 3 is 2.43 bits per heavy atom. The number of hydrogen-bond donors (Lipinski definition) is 2. The highest BCUT2D eigenvalue weighted by molar-refractivity contribution is 5.79. The average molecular weight is 393 g/mol. The fourth-order valence-corrected chi connectivity index (χ4v) is 3.77. The molecule has 7 heteroatoms. The molecule has 160 valence electrons. The highest BCUT2D eigenvalue weighted by atomic mass is 16.5. The normalized spacial score (nSPS) is 17.9. The molecule has 0 amide bonds. The molecule has 2 N–H and O–H groups in total. The second-order valence-corrected chi connectivity index (χ2v) is 7.88. The summed E-state index contributed by atoms with van der Waals surface area (Å²) in [6.07, 6.45) is 2.18. The van der Waals surface area contributed by atoms with Crippen LogP contribution in [0.15, 0.2) is 15.6 Å². The fourth-order valence-electron chi connectivity index (χ4n) is 3.77. The first kappa shape index (κ1) is 22.7. The third-order valence-corrected chi connectivity index (χ3v) is 5.73. The Morgan fingerprint density at radius 2 is 1.82 bits per heavy atom. The number of nitrogens with zero attached hydrogens (tertiary/aromatic N) is 4. The van der Waals surface area contributed by atoms with Gasteiger partial charge in [-0.1, -0.05) is 32.9 Å². The number of nitrogens with one attached hydrogen (secondary N) is 2. The molecule has 1 aliphatic heterocycles. The van der Waals surface area contributed by atoms with E-state index in [9.17, 15) is 0 Å². The zero-order chi connectivity index (χ0) is 20.4. The molecule has 1 aromatic heterocycles. The van der Waals surface area contributed by atoms with Crippen molar-refractivity contribution in [2.45, 2.75) is 53.0 Å². The standard InChI is InChI=1S/C21H40N6O/c1-6-18(7-2)20-13-19(28-25-20)15-24-21(22-5)23-14-17(4)16-27-11-9-26(8-3)10-12-27/h13,17-18H,6-12,14-16H2,1-5H3,(H2,22,23,24). The van der Waals surface area contributed by atoms with Crippen molar-refractivity contribution in [1.82, 2.24) is 25.6 Å². The minimum absolute atomic E-state index is 0.481. The van der Waals surface area contributed by atoms with E-state index >= 15 is 0 Å². The van der Waals surface area contributed by atoms with Gasteiger partial charge in [-0.2, -0.15) is 0 Å². The molecule has 1 aliphatic rings. The Bertz CT molecular complexity index is 575. The Hall–Kier alpha value is -1.60. The monoisotopic (exact) mass is 392 g/mol. The number of piperazine rings is 1. The summed E-state index contributed by atoms with van der Waals surface area (Å²) < 4.78 is 5.48. The fraction of sp³-hybridized carbons (Fsp3) is 0.810. The zero-order valence-electron chi connectivity index (χ0n) is 18.5. The molecule has 0 aromatic carbocycles. The van der Waals surface area contributed by atoms with Crippen molar-refractivity contribution in [2.75, 3.05) is 52.9 Å². The van der Waals surface area contributed by atoms with Crippen molar-refractivity contribution in [2.24, 2.45) is 10.9 Å². The predicted molar refractivity (Wildman–Crippen MR) is 116 cm³/mol. The lowest BCUT2D eigenvalue weighted by Gasteiger charge is -2.35. The van der Waals surface area contributed by atoms with E-state index < -0.39 is 0 Å². The number of aliphatic imine (C=N–C) groups is 1.